The minimum absolute atomic E-state index is 0.166. The molecule has 2 unspecified atom stereocenters. The van der Waals surface area contributed by atoms with Crippen LogP contribution in [0.25, 0.3) is 0 Å². The van der Waals surface area contributed by atoms with Gasteiger partial charge in [-0.25, -0.2) is 0 Å². The minimum atomic E-state index is -4.56. The number of carboxylic acids is 2. The summed E-state index contributed by atoms with van der Waals surface area (Å²) >= 11 is 0. The second kappa shape index (κ2) is 7.26. The molecule has 0 aromatic rings. The summed E-state index contributed by atoms with van der Waals surface area (Å²) in [6.45, 7) is -0.494. The molecule has 18 heavy (non-hydrogen) atoms. The van der Waals surface area contributed by atoms with E-state index in [0.717, 1.165) is 0 Å². The molecule has 2 atom stereocenters. The molecule has 0 saturated carbocycles. The molecule has 0 fully saturated rings. The molecule has 0 heterocycles. The standard InChI is InChI=1S/C8H15NO8S/c10-6(1-2-7(11)12)9-4-5(3-8(13)14)18(15,16)17/h5-6,9-10H,1-4H2,(H,11,12)(H,13,14)(H,15,16,17). The van der Waals surface area contributed by atoms with Crippen LogP contribution in [0.3, 0.4) is 0 Å². The van der Waals surface area contributed by atoms with Crippen LogP contribution in [0.5, 0.6) is 0 Å². The fourth-order valence-electron chi connectivity index (χ4n) is 1.11. The van der Waals surface area contributed by atoms with E-state index >= 15 is 0 Å². The number of aliphatic carboxylic acids is 2. The predicted octanol–water partition coefficient (Wildman–Crippen LogP) is -1.51. The van der Waals surface area contributed by atoms with E-state index in [1.165, 1.54) is 0 Å². The maximum Gasteiger partial charge on any atom is 0.304 e. The van der Waals surface area contributed by atoms with Gasteiger partial charge in [-0.1, -0.05) is 0 Å². The lowest BCUT2D eigenvalue weighted by Crippen LogP contribution is -2.40. The summed E-state index contributed by atoms with van der Waals surface area (Å²) in [6, 6.07) is 0. The molecule has 0 rings (SSSR count). The van der Waals surface area contributed by atoms with Crippen LogP contribution in [0, 0.1) is 0 Å². The lowest BCUT2D eigenvalue weighted by molar-refractivity contribution is -0.138. The van der Waals surface area contributed by atoms with Gasteiger partial charge in [-0.15, -0.1) is 0 Å². The van der Waals surface area contributed by atoms with E-state index in [-0.39, 0.29) is 12.8 Å². The average molecular weight is 285 g/mol. The Bertz CT molecular complexity index is 392. The maximum atomic E-state index is 10.8. The van der Waals surface area contributed by atoms with Gasteiger partial charge in [-0.05, 0) is 6.42 Å². The lowest BCUT2D eigenvalue weighted by Gasteiger charge is -2.16. The molecule has 0 aliphatic heterocycles. The monoisotopic (exact) mass is 285 g/mol. The summed E-state index contributed by atoms with van der Waals surface area (Å²) in [6.07, 6.45) is -2.61. The lowest BCUT2D eigenvalue weighted by atomic mass is 10.2. The van der Waals surface area contributed by atoms with Crippen molar-refractivity contribution in [3.05, 3.63) is 0 Å². The largest absolute Gasteiger partial charge is 0.481 e. The average Bonchev–Trinajstić information content (AvgIpc) is 2.19. The Morgan fingerprint density at radius 3 is 2.11 bits per heavy atom. The molecule has 0 bridgehead atoms. The van der Waals surface area contributed by atoms with Crippen molar-refractivity contribution < 1.29 is 37.9 Å². The first kappa shape index (κ1) is 16.8. The van der Waals surface area contributed by atoms with Crippen molar-refractivity contribution in [3.63, 3.8) is 0 Å². The first-order valence-corrected chi connectivity index (χ1v) is 6.44. The minimum Gasteiger partial charge on any atom is -0.481 e. The fourth-order valence-corrected chi connectivity index (χ4v) is 1.77. The molecule has 0 spiro atoms. The molecule has 0 saturated heterocycles. The van der Waals surface area contributed by atoms with Crippen molar-refractivity contribution in [1.82, 2.24) is 5.32 Å². The highest BCUT2D eigenvalue weighted by Crippen LogP contribution is 2.04. The Balaban J connectivity index is 4.27. The summed E-state index contributed by atoms with van der Waals surface area (Å²) in [5, 5.41) is 26.7. The second-order valence-electron chi connectivity index (χ2n) is 3.59. The zero-order valence-corrected chi connectivity index (χ0v) is 10.1. The number of carboxylic acid groups (broad SMARTS) is 2. The van der Waals surface area contributed by atoms with Crippen molar-refractivity contribution in [3.8, 4) is 0 Å². The smallest absolute Gasteiger partial charge is 0.304 e. The Kier molecular flexibility index (Phi) is 6.76. The number of rotatable bonds is 9. The topological polar surface area (TPSA) is 161 Å². The van der Waals surface area contributed by atoms with Crippen LogP contribution in [-0.2, 0) is 19.7 Å². The first-order chi connectivity index (χ1) is 8.12. The molecule has 10 heteroatoms. The number of hydrogen-bond acceptors (Lipinski definition) is 6. The molecule has 0 aliphatic carbocycles. The van der Waals surface area contributed by atoms with Crippen LogP contribution < -0.4 is 5.32 Å². The highest BCUT2D eigenvalue weighted by molar-refractivity contribution is 7.86. The van der Waals surface area contributed by atoms with Crippen molar-refractivity contribution in [2.75, 3.05) is 6.54 Å². The van der Waals surface area contributed by atoms with Gasteiger partial charge in [0, 0.05) is 13.0 Å². The number of hydrogen-bond donors (Lipinski definition) is 5. The Labute approximate surface area is 103 Å². The van der Waals surface area contributed by atoms with E-state index in [1.54, 1.807) is 0 Å². The van der Waals surface area contributed by atoms with E-state index in [2.05, 4.69) is 5.32 Å². The number of aliphatic hydroxyl groups excluding tert-OH is 1. The van der Waals surface area contributed by atoms with Crippen LogP contribution in [0.15, 0.2) is 0 Å². The third-order valence-electron chi connectivity index (χ3n) is 2.04. The van der Waals surface area contributed by atoms with Crippen molar-refractivity contribution in [1.29, 1.82) is 0 Å². The van der Waals surface area contributed by atoms with Crippen molar-refractivity contribution >= 4 is 22.1 Å². The summed E-state index contributed by atoms with van der Waals surface area (Å²) in [5.41, 5.74) is 0. The van der Waals surface area contributed by atoms with Gasteiger partial charge in [-0.2, -0.15) is 8.42 Å². The summed E-state index contributed by atoms with van der Waals surface area (Å²) in [5.74, 6) is -2.55. The van der Waals surface area contributed by atoms with Crippen molar-refractivity contribution in [2.45, 2.75) is 30.7 Å². The number of nitrogens with one attached hydrogen (secondary N) is 1. The maximum absolute atomic E-state index is 10.8. The highest BCUT2D eigenvalue weighted by Gasteiger charge is 2.26. The predicted molar refractivity (Wildman–Crippen MR) is 58.5 cm³/mol. The molecular weight excluding hydrogens is 270 g/mol. The zero-order valence-electron chi connectivity index (χ0n) is 9.31. The van der Waals surface area contributed by atoms with Crippen LogP contribution >= 0.6 is 0 Å². The normalized spacial score (nSPS) is 15.0. The molecule has 0 amide bonds. The van der Waals surface area contributed by atoms with Gasteiger partial charge in [0.15, 0.2) is 0 Å². The van der Waals surface area contributed by atoms with Gasteiger partial charge in [0.2, 0.25) is 0 Å². The van der Waals surface area contributed by atoms with Crippen LogP contribution in [0.1, 0.15) is 19.3 Å². The van der Waals surface area contributed by atoms with Crippen LogP contribution in [-0.4, -0.2) is 58.3 Å². The SMILES string of the molecule is O=C(O)CCC(O)NCC(CC(=O)O)S(=O)(=O)O. The fraction of sp³-hybridized carbons (Fsp3) is 0.750. The molecule has 0 radical (unpaired) electrons. The van der Waals surface area contributed by atoms with Crippen molar-refractivity contribution in [2.24, 2.45) is 0 Å². The molecule has 0 aliphatic rings. The second-order valence-corrected chi connectivity index (χ2v) is 5.29. The summed E-state index contributed by atoms with van der Waals surface area (Å²) in [4.78, 5) is 20.6. The van der Waals surface area contributed by atoms with Gasteiger partial charge in [0.25, 0.3) is 10.1 Å². The Morgan fingerprint density at radius 1 is 1.17 bits per heavy atom. The van der Waals surface area contributed by atoms with E-state index in [0.29, 0.717) is 0 Å². The van der Waals surface area contributed by atoms with Gasteiger partial charge >= 0.3 is 11.9 Å². The third-order valence-corrected chi connectivity index (χ3v) is 3.21. The van der Waals surface area contributed by atoms with Gasteiger partial charge < -0.3 is 15.3 Å². The quantitative estimate of drug-likeness (QED) is 0.250. The summed E-state index contributed by atoms with van der Waals surface area (Å²) < 4.78 is 30.4. The van der Waals surface area contributed by atoms with Gasteiger partial charge in [0.05, 0.1) is 6.42 Å². The van der Waals surface area contributed by atoms with E-state index in [9.17, 15) is 23.1 Å². The van der Waals surface area contributed by atoms with Gasteiger partial charge in [-0.3, -0.25) is 19.5 Å². The molecule has 5 N–H and O–H groups in total. The third kappa shape index (κ3) is 7.95. The van der Waals surface area contributed by atoms with Gasteiger partial charge in [0.1, 0.15) is 11.5 Å². The molecule has 0 aromatic heterocycles. The molecule has 0 aromatic carbocycles. The highest BCUT2D eigenvalue weighted by atomic mass is 32.2. The van der Waals surface area contributed by atoms with E-state index in [4.69, 9.17) is 14.8 Å². The Hall–Kier alpha value is -1.23. The summed E-state index contributed by atoms with van der Waals surface area (Å²) in [7, 11) is -4.56. The van der Waals surface area contributed by atoms with E-state index < -0.39 is 46.5 Å². The number of carbonyl (C=O) groups is 2. The van der Waals surface area contributed by atoms with E-state index in [1.807, 2.05) is 0 Å². The number of aliphatic hydroxyl groups is 1. The zero-order chi connectivity index (χ0) is 14.3. The Morgan fingerprint density at radius 2 is 1.72 bits per heavy atom. The molecule has 9 nitrogen and oxygen atoms in total. The molecular formula is C8H15NO8S. The van der Waals surface area contributed by atoms with Crippen LogP contribution in [0.4, 0.5) is 0 Å². The first-order valence-electron chi connectivity index (χ1n) is 4.94. The van der Waals surface area contributed by atoms with Crippen LogP contribution in [0.2, 0.25) is 0 Å². The molecule has 106 valence electrons.